The van der Waals surface area contributed by atoms with Crippen molar-refractivity contribution in [3.05, 3.63) is 41.5 Å². The lowest BCUT2D eigenvalue weighted by atomic mass is 9.97. The Bertz CT molecular complexity index is 785. The SMILES string of the molecule is CCCCCCCc1c(C)c(O)cc2c1[nH]c1ccccc12. The van der Waals surface area contributed by atoms with Crippen LogP contribution in [0.25, 0.3) is 21.8 Å². The molecule has 1 aromatic heterocycles. The van der Waals surface area contributed by atoms with Gasteiger partial charge in [-0.15, -0.1) is 0 Å². The summed E-state index contributed by atoms with van der Waals surface area (Å²) in [6.07, 6.45) is 7.40. The van der Waals surface area contributed by atoms with Crippen molar-refractivity contribution >= 4 is 21.8 Å². The van der Waals surface area contributed by atoms with Gasteiger partial charge in [0, 0.05) is 16.3 Å². The molecule has 0 amide bonds. The number of H-pyrrole nitrogens is 1. The summed E-state index contributed by atoms with van der Waals surface area (Å²) >= 11 is 0. The monoisotopic (exact) mass is 295 g/mol. The van der Waals surface area contributed by atoms with Gasteiger partial charge in [-0.1, -0.05) is 50.8 Å². The molecule has 0 atom stereocenters. The van der Waals surface area contributed by atoms with Crippen molar-refractivity contribution in [2.24, 2.45) is 0 Å². The summed E-state index contributed by atoms with van der Waals surface area (Å²) in [5, 5.41) is 12.6. The number of para-hydroxylation sites is 1. The van der Waals surface area contributed by atoms with Crippen LogP contribution in [0.4, 0.5) is 0 Å². The Morgan fingerprint density at radius 2 is 1.77 bits per heavy atom. The first-order valence-electron chi connectivity index (χ1n) is 8.44. The third-order valence-electron chi connectivity index (χ3n) is 4.70. The van der Waals surface area contributed by atoms with Gasteiger partial charge in [0.1, 0.15) is 5.75 Å². The molecule has 0 saturated heterocycles. The Hall–Kier alpha value is -1.96. The summed E-state index contributed by atoms with van der Waals surface area (Å²) in [7, 11) is 0. The highest BCUT2D eigenvalue weighted by molar-refractivity contribution is 6.09. The van der Waals surface area contributed by atoms with Crippen molar-refractivity contribution in [3.8, 4) is 5.75 Å². The summed E-state index contributed by atoms with van der Waals surface area (Å²) in [5.41, 5.74) is 4.65. The molecule has 3 aromatic rings. The maximum Gasteiger partial charge on any atom is 0.119 e. The fraction of sp³-hybridized carbons (Fsp3) is 0.400. The molecule has 1 heterocycles. The van der Waals surface area contributed by atoms with Crippen LogP contribution in [0.3, 0.4) is 0 Å². The first-order chi connectivity index (χ1) is 10.7. The lowest BCUT2D eigenvalue weighted by molar-refractivity contribution is 0.471. The molecule has 0 spiro atoms. The number of benzene rings is 2. The van der Waals surface area contributed by atoms with Crippen LogP contribution in [0.1, 0.15) is 50.2 Å². The fourth-order valence-corrected chi connectivity index (χ4v) is 3.36. The predicted molar refractivity (Wildman–Crippen MR) is 94.7 cm³/mol. The van der Waals surface area contributed by atoms with E-state index in [0.717, 1.165) is 22.9 Å². The van der Waals surface area contributed by atoms with E-state index in [1.165, 1.54) is 48.6 Å². The van der Waals surface area contributed by atoms with Crippen LogP contribution in [0.5, 0.6) is 5.75 Å². The van der Waals surface area contributed by atoms with Gasteiger partial charge in [-0.25, -0.2) is 0 Å². The van der Waals surface area contributed by atoms with Crippen molar-refractivity contribution < 1.29 is 5.11 Å². The van der Waals surface area contributed by atoms with Crippen LogP contribution in [-0.4, -0.2) is 10.1 Å². The second-order valence-corrected chi connectivity index (χ2v) is 6.26. The van der Waals surface area contributed by atoms with E-state index < -0.39 is 0 Å². The van der Waals surface area contributed by atoms with Crippen LogP contribution >= 0.6 is 0 Å². The molecule has 116 valence electrons. The van der Waals surface area contributed by atoms with Gasteiger partial charge in [0.15, 0.2) is 0 Å². The molecule has 2 heteroatoms. The van der Waals surface area contributed by atoms with Crippen LogP contribution in [-0.2, 0) is 6.42 Å². The molecule has 22 heavy (non-hydrogen) atoms. The first-order valence-corrected chi connectivity index (χ1v) is 8.44. The van der Waals surface area contributed by atoms with Gasteiger partial charge < -0.3 is 10.1 Å². The number of unbranched alkanes of at least 4 members (excludes halogenated alkanes) is 4. The first kappa shape index (κ1) is 15.0. The molecule has 0 radical (unpaired) electrons. The van der Waals surface area contributed by atoms with Gasteiger partial charge in [0.2, 0.25) is 0 Å². The van der Waals surface area contributed by atoms with E-state index in [1.807, 2.05) is 13.0 Å². The van der Waals surface area contributed by atoms with E-state index in [4.69, 9.17) is 0 Å². The van der Waals surface area contributed by atoms with E-state index in [9.17, 15) is 5.11 Å². The van der Waals surface area contributed by atoms with Crippen molar-refractivity contribution in [1.29, 1.82) is 0 Å². The highest BCUT2D eigenvalue weighted by Gasteiger charge is 2.13. The van der Waals surface area contributed by atoms with Crippen LogP contribution < -0.4 is 0 Å². The Morgan fingerprint density at radius 3 is 2.59 bits per heavy atom. The number of aromatic nitrogens is 1. The molecule has 2 aromatic carbocycles. The number of fused-ring (bicyclic) bond motifs is 3. The molecule has 2 N–H and O–H groups in total. The van der Waals surface area contributed by atoms with Crippen LogP contribution in [0.15, 0.2) is 30.3 Å². The molecular weight excluding hydrogens is 270 g/mol. The van der Waals surface area contributed by atoms with Crippen LogP contribution in [0.2, 0.25) is 0 Å². The van der Waals surface area contributed by atoms with E-state index in [1.54, 1.807) is 0 Å². The number of aromatic hydroxyl groups is 1. The lowest BCUT2D eigenvalue weighted by Gasteiger charge is -2.10. The van der Waals surface area contributed by atoms with E-state index >= 15 is 0 Å². The topological polar surface area (TPSA) is 36.0 Å². The number of phenolic OH excluding ortho intramolecular Hbond substituents is 1. The molecule has 0 aliphatic carbocycles. The normalized spacial score (nSPS) is 11.5. The summed E-state index contributed by atoms with van der Waals surface area (Å²) in [6, 6.07) is 10.2. The number of hydrogen-bond acceptors (Lipinski definition) is 1. The zero-order chi connectivity index (χ0) is 15.5. The minimum absolute atomic E-state index is 0.417. The highest BCUT2D eigenvalue weighted by Crippen LogP contribution is 2.35. The van der Waals surface area contributed by atoms with Gasteiger partial charge in [-0.2, -0.15) is 0 Å². The van der Waals surface area contributed by atoms with E-state index in [0.29, 0.717) is 5.75 Å². The molecule has 0 saturated carbocycles. The van der Waals surface area contributed by atoms with Crippen LogP contribution in [0, 0.1) is 6.92 Å². The smallest absolute Gasteiger partial charge is 0.119 e. The number of phenols is 1. The number of nitrogens with one attached hydrogen (secondary N) is 1. The molecule has 2 nitrogen and oxygen atoms in total. The van der Waals surface area contributed by atoms with Gasteiger partial charge in [-0.05, 0) is 43.0 Å². The Morgan fingerprint density at radius 1 is 1.00 bits per heavy atom. The second-order valence-electron chi connectivity index (χ2n) is 6.26. The van der Waals surface area contributed by atoms with Crippen molar-refractivity contribution in [1.82, 2.24) is 4.98 Å². The van der Waals surface area contributed by atoms with Crippen molar-refractivity contribution in [2.45, 2.75) is 52.4 Å². The van der Waals surface area contributed by atoms with E-state index in [2.05, 4.69) is 36.2 Å². The lowest BCUT2D eigenvalue weighted by Crippen LogP contribution is -1.93. The number of aromatic amines is 1. The third kappa shape index (κ3) is 2.70. The Balaban J connectivity index is 1.98. The maximum atomic E-state index is 10.3. The highest BCUT2D eigenvalue weighted by atomic mass is 16.3. The van der Waals surface area contributed by atoms with E-state index in [-0.39, 0.29) is 0 Å². The minimum atomic E-state index is 0.417. The molecule has 0 aliphatic heterocycles. The molecule has 0 bridgehead atoms. The summed E-state index contributed by atoms with van der Waals surface area (Å²) < 4.78 is 0. The number of rotatable bonds is 6. The average Bonchev–Trinajstić information content (AvgIpc) is 2.89. The Labute approximate surface area is 132 Å². The predicted octanol–water partition coefficient (Wildman–Crippen LogP) is 5.85. The van der Waals surface area contributed by atoms with Crippen molar-refractivity contribution in [3.63, 3.8) is 0 Å². The van der Waals surface area contributed by atoms with Gasteiger partial charge in [-0.3, -0.25) is 0 Å². The van der Waals surface area contributed by atoms with Crippen molar-refractivity contribution in [2.75, 3.05) is 0 Å². The maximum absolute atomic E-state index is 10.3. The third-order valence-corrected chi connectivity index (χ3v) is 4.70. The minimum Gasteiger partial charge on any atom is -0.508 e. The Kier molecular flexibility index (Phi) is 4.37. The van der Waals surface area contributed by atoms with Gasteiger partial charge in [0.25, 0.3) is 0 Å². The quantitative estimate of drug-likeness (QED) is 0.550. The van der Waals surface area contributed by atoms with Gasteiger partial charge >= 0.3 is 0 Å². The summed E-state index contributed by atoms with van der Waals surface area (Å²) in [6.45, 7) is 4.27. The number of hydrogen-bond donors (Lipinski definition) is 2. The molecular formula is C20H25NO. The molecule has 0 unspecified atom stereocenters. The largest absolute Gasteiger partial charge is 0.508 e. The molecule has 0 fully saturated rings. The summed E-state index contributed by atoms with van der Waals surface area (Å²) in [4.78, 5) is 3.56. The molecule has 3 rings (SSSR count). The fourth-order valence-electron chi connectivity index (χ4n) is 3.36. The number of aryl methyl sites for hydroxylation is 1. The zero-order valence-corrected chi connectivity index (χ0v) is 13.6. The standard InChI is InChI=1S/C20H25NO/c1-3-4-5-6-7-10-15-14(2)19(22)13-17-16-11-8-9-12-18(16)21-20(15)17/h8-9,11-13,21-22H,3-7,10H2,1-2H3. The average molecular weight is 295 g/mol. The summed E-state index contributed by atoms with van der Waals surface area (Å²) in [5.74, 6) is 0.417. The van der Waals surface area contributed by atoms with Gasteiger partial charge in [0.05, 0.1) is 5.52 Å². The zero-order valence-electron chi connectivity index (χ0n) is 13.6. The second kappa shape index (κ2) is 6.43. The molecule has 0 aliphatic rings.